The minimum atomic E-state index is -0.0390. The molecule has 0 aromatic carbocycles. The van der Waals surface area contributed by atoms with Gasteiger partial charge in [0.25, 0.3) is 0 Å². The number of carbonyl (C=O) groups is 1. The van der Waals surface area contributed by atoms with Crippen LogP contribution in [0.2, 0.25) is 0 Å². The van der Waals surface area contributed by atoms with Crippen LogP contribution >= 0.6 is 0 Å². The van der Waals surface area contributed by atoms with E-state index in [9.17, 15) is 4.79 Å². The maximum atomic E-state index is 11.3. The van der Waals surface area contributed by atoms with Gasteiger partial charge in [0.15, 0.2) is 0 Å². The van der Waals surface area contributed by atoms with E-state index in [1.807, 2.05) is 7.05 Å². The second-order valence-corrected chi connectivity index (χ2v) is 4.76. The minimum Gasteiger partial charge on any atom is -0.469 e. The number of hydrogen-bond acceptors (Lipinski definition) is 4. The summed E-state index contributed by atoms with van der Waals surface area (Å²) in [5.74, 6) is 0.753. The highest BCUT2D eigenvalue weighted by Crippen LogP contribution is 2.19. The van der Waals surface area contributed by atoms with E-state index in [4.69, 9.17) is 4.74 Å². The number of likely N-dealkylation sites (tertiary alicyclic amines) is 1. The van der Waals surface area contributed by atoms with Crippen molar-refractivity contribution in [2.75, 3.05) is 40.3 Å². The molecule has 4 nitrogen and oxygen atoms in total. The summed E-state index contributed by atoms with van der Waals surface area (Å²) in [5.41, 5.74) is 0. The summed E-state index contributed by atoms with van der Waals surface area (Å²) in [4.78, 5) is 13.8. The third-order valence-corrected chi connectivity index (χ3v) is 3.24. The summed E-state index contributed by atoms with van der Waals surface area (Å²) >= 11 is 0. The lowest BCUT2D eigenvalue weighted by molar-refractivity contribution is -0.147. The number of nitrogens with zero attached hydrogens (tertiary/aromatic N) is 1. The van der Waals surface area contributed by atoms with Gasteiger partial charge in [-0.25, -0.2) is 0 Å². The fourth-order valence-corrected chi connectivity index (χ4v) is 2.37. The molecule has 1 saturated heterocycles. The maximum absolute atomic E-state index is 11.3. The molecule has 1 aliphatic rings. The van der Waals surface area contributed by atoms with Crippen molar-refractivity contribution in [3.8, 4) is 0 Å². The fourth-order valence-electron chi connectivity index (χ4n) is 2.37. The molecule has 1 atom stereocenters. The molecule has 1 unspecified atom stereocenters. The van der Waals surface area contributed by atoms with Crippen LogP contribution in [0, 0.1) is 11.8 Å². The topological polar surface area (TPSA) is 41.6 Å². The van der Waals surface area contributed by atoms with Crippen LogP contribution in [0.15, 0.2) is 0 Å². The Bertz CT molecular complexity index is 213. The second kappa shape index (κ2) is 6.86. The fraction of sp³-hybridized carbons (Fsp3) is 0.917. The van der Waals surface area contributed by atoms with Crippen LogP contribution in [-0.4, -0.2) is 51.2 Å². The zero-order valence-electron chi connectivity index (χ0n) is 10.7. The number of piperidine rings is 1. The standard InChI is InChI=1S/C12H24N2O2/c1-10(8-13-2)9-14-6-4-11(5-7-14)12(15)16-3/h10-11,13H,4-9H2,1-3H3. The summed E-state index contributed by atoms with van der Waals surface area (Å²) in [6, 6.07) is 0. The Hall–Kier alpha value is -0.610. The summed E-state index contributed by atoms with van der Waals surface area (Å²) in [5, 5.41) is 3.19. The van der Waals surface area contributed by atoms with Crippen LogP contribution in [0.3, 0.4) is 0 Å². The first-order chi connectivity index (χ1) is 7.67. The van der Waals surface area contributed by atoms with Gasteiger partial charge in [-0.1, -0.05) is 6.92 Å². The third kappa shape index (κ3) is 4.10. The maximum Gasteiger partial charge on any atom is 0.308 e. The van der Waals surface area contributed by atoms with Crippen molar-refractivity contribution < 1.29 is 9.53 Å². The molecule has 0 aromatic rings. The number of carbonyl (C=O) groups excluding carboxylic acids is 1. The lowest BCUT2D eigenvalue weighted by Crippen LogP contribution is -2.40. The SMILES string of the molecule is CNCC(C)CN1CCC(C(=O)OC)CC1. The average molecular weight is 228 g/mol. The van der Waals surface area contributed by atoms with Gasteiger partial charge in [0.2, 0.25) is 0 Å². The molecule has 1 N–H and O–H groups in total. The van der Waals surface area contributed by atoms with Gasteiger partial charge in [-0.2, -0.15) is 0 Å². The van der Waals surface area contributed by atoms with Crippen LogP contribution in [0.25, 0.3) is 0 Å². The second-order valence-electron chi connectivity index (χ2n) is 4.76. The predicted octanol–water partition coefficient (Wildman–Crippen LogP) is 0.727. The largest absolute Gasteiger partial charge is 0.469 e. The monoisotopic (exact) mass is 228 g/mol. The lowest BCUT2D eigenvalue weighted by Gasteiger charge is -2.32. The van der Waals surface area contributed by atoms with Gasteiger partial charge in [-0.05, 0) is 45.4 Å². The molecular formula is C12H24N2O2. The number of rotatable bonds is 5. The van der Waals surface area contributed by atoms with E-state index < -0.39 is 0 Å². The van der Waals surface area contributed by atoms with E-state index in [-0.39, 0.29) is 11.9 Å². The Morgan fingerprint density at radius 2 is 2.12 bits per heavy atom. The summed E-state index contributed by atoms with van der Waals surface area (Å²) in [6.45, 7) is 6.47. The highest BCUT2D eigenvalue weighted by Gasteiger charge is 2.25. The Kier molecular flexibility index (Phi) is 5.77. The van der Waals surface area contributed by atoms with Gasteiger partial charge in [0.1, 0.15) is 0 Å². The van der Waals surface area contributed by atoms with Crippen molar-refractivity contribution in [3.05, 3.63) is 0 Å². The molecule has 94 valence electrons. The van der Waals surface area contributed by atoms with Crippen molar-refractivity contribution >= 4 is 5.97 Å². The quantitative estimate of drug-likeness (QED) is 0.704. The van der Waals surface area contributed by atoms with Gasteiger partial charge in [0.05, 0.1) is 13.0 Å². The zero-order valence-corrected chi connectivity index (χ0v) is 10.7. The number of nitrogens with one attached hydrogen (secondary N) is 1. The van der Waals surface area contributed by atoms with Gasteiger partial charge in [-0.15, -0.1) is 0 Å². The summed E-state index contributed by atoms with van der Waals surface area (Å²) in [6.07, 6.45) is 1.89. The first kappa shape index (κ1) is 13.5. The van der Waals surface area contributed by atoms with Crippen molar-refractivity contribution in [3.63, 3.8) is 0 Å². The molecule has 16 heavy (non-hydrogen) atoms. The molecule has 4 heteroatoms. The summed E-state index contributed by atoms with van der Waals surface area (Å²) < 4.78 is 4.78. The van der Waals surface area contributed by atoms with Crippen LogP contribution in [0.4, 0.5) is 0 Å². The summed E-state index contributed by atoms with van der Waals surface area (Å²) in [7, 11) is 3.46. The van der Waals surface area contributed by atoms with Crippen molar-refractivity contribution in [2.45, 2.75) is 19.8 Å². The molecule has 0 bridgehead atoms. The average Bonchev–Trinajstić information content (AvgIpc) is 2.29. The van der Waals surface area contributed by atoms with Crippen molar-refractivity contribution in [1.82, 2.24) is 10.2 Å². The molecule has 1 heterocycles. The van der Waals surface area contributed by atoms with Crippen LogP contribution < -0.4 is 5.32 Å². The molecule has 1 rings (SSSR count). The Morgan fingerprint density at radius 3 is 2.62 bits per heavy atom. The molecule has 1 fully saturated rings. The van der Waals surface area contributed by atoms with Crippen LogP contribution in [0.5, 0.6) is 0 Å². The Labute approximate surface area is 98.3 Å². The van der Waals surface area contributed by atoms with Gasteiger partial charge < -0.3 is 15.0 Å². The van der Waals surface area contributed by atoms with Crippen molar-refractivity contribution in [1.29, 1.82) is 0 Å². The van der Waals surface area contributed by atoms with Crippen molar-refractivity contribution in [2.24, 2.45) is 11.8 Å². The van der Waals surface area contributed by atoms with E-state index >= 15 is 0 Å². The number of ether oxygens (including phenoxy) is 1. The van der Waals surface area contributed by atoms with E-state index in [2.05, 4.69) is 17.1 Å². The van der Waals surface area contributed by atoms with E-state index in [1.165, 1.54) is 7.11 Å². The van der Waals surface area contributed by atoms with E-state index in [0.717, 1.165) is 39.0 Å². The molecule has 0 radical (unpaired) electrons. The van der Waals surface area contributed by atoms with Crippen LogP contribution in [-0.2, 0) is 9.53 Å². The number of esters is 1. The Balaban J connectivity index is 2.24. The van der Waals surface area contributed by atoms with E-state index in [0.29, 0.717) is 5.92 Å². The van der Waals surface area contributed by atoms with Gasteiger partial charge in [-0.3, -0.25) is 4.79 Å². The zero-order chi connectivity index (χ0) is 12.0. The third-order valence-electron chi connectivity index (χ3n) is 3.24. The molecule has 1 aliphatic heterocycles. The van der Waals surface area contributed by atoms with E-state index in [1.54, 1.807) is 0 Å². The number of hydrogen-bond donors (Lipinski definition) is 1. The van der Waals surface area contributed by atoms with Gasteiger partial charge in [0, 0.05) is 6.54 Å². The highest BCUT2D eigenvalue weighted by molar-refractivity contribution is 5.72. The minimum absolute atomic E-state index is 0.0390. The predicted molar refractivity (Wildman–Crippen MR) is 64.3 cm³/mol. The van der Waals surface area contributed by atoms with Crippen LogP contribution in [0.1, 0.15) is 19.8 Å². The molecule has 0 aromatic heterocycles. The molecule has 0 aliphatic carbocycles. The molecule has 0 spiro atoms. The van der Waals surface area contributed by atoms with Gasteiger partial charge >= 0.3 is 5.97 Å². The number of methoxy groups -OCH3 is 1. The molecule has 0 saturated carbocycles. The Morgan fingerprint density at radius 1 is 1.50 bits per heavy atom. The lowest BCUT2D eigenvalue weighted by atomic mass is 9.96. The first-order valence-corrected chi connectivity index (χ1v) is 6.12. The highest BCUT2D eigenvalue weighted by atomic mass is 16.5. The molecular weight excluding hydrogens is 204 g/mol. The molecule has 0 amide bonds. The normalized spacial score (nSPS) is 20.7. The smallest absolute Gasteiger partial charge is 0.308 e. The first-order valence-electron chi connectivity index (χ1n) is 6.12.